The van der Waals surface area contributed by atoms with Gasteiger partial charge in [-0.1, -0.05) is 23.7 Å². The van der Waals surface area contributed by atoms with Crippen molar-refractivity contribution in [3.8, 4) is 5.75 Å². The number of carbonyl (C=O) groups excluding carboxylic acids is 2. The summed E-state index contributed by atoms with van der Waals surface area (Å²) in [7, 11) is 0. The van der Waals surface area contributed by atoms with Crippen LogP contribution in [0.2, 0.25) is 5.02 Å². The first-order valence-electron chi connectivity index (χ1n) is 10.7. The van der Waals surface area contributed by atoms with E-state index in [-0.39, 0.29) is 17.7 Å². The van der Waals surface area contributed by atoms with E-state index in [0.29, 0.717) is 29.3 Å². The van der Waals surface area contributed by atoms with E-state index in [1.165, 1.54) is 0 Å². The molecule has 2 aromatic rings. The molecule has 2 aliphatic heterocycles. The Kier molecular flexibility index (Phi) is 6.58. The fourth-order valence-corrected chi connectivity index (χ4v) is 4.42. The molecule has 0 aliphatic carbocycles. The fourth-order valence-electron chi connectivity index (χ4n) is 4.20. The van der Waals surface area contributed by atoms with E-state index in [2.05, 4.69) is 0 Å². The fraction of sp³-hybridized carbons (Fsp3) is 0.417. The van der Waals surface area contributed by atoms with Crippen molar-refractivity contribution in [1.82, 2.24) is 9.80 Å². The van der Waals surface area contributed by atoms with Crippen molar-refractivity contribution in [3.05, 3.63) is 64.7 Å². The molecule has 0 aromatic heterocycles. The number of halogens is 1. The lowest BCUT2D eigenvalue weighted by atomic mass is 9.98. The maximum Gasteiger partial charge on any atom is 0.255 e. The SMILES string of the molecule is O=C(c1ccc(OC[C@H]2CCCN(C(=O)c3ccccc3Cl)C2)cc1)N1CCCC1. The van der Waals surface area contributed by atoms with Crippen LogP contribution in [0, 0.1) is 5.92 Å². The van der Waals surface area contributed by atoms with E-state index in [1.807, 2.05) is 46.2 Å². The van der Waals surface area contributed by atoms with Crippen molar-refractivity contribution in [2.45, 2.75) is 25.7 Å². The largest absolute Gasteiger partial charge is 0.493 e. The van der Waals surface area contributed by atoms with Crippen molar-refractivity contribution in [3.63, 3.8) is 0 Å². The van der Waals surface area contributed by atoms with Gasteiger partial charge in [-0.15, -0.1) is 0 Å². The third-order valence-electron chi connectivity index (χ3n) is 5.89. The van der Waals surface area contributed by atoms with E-state index in [9.17, 15) is 9.59 Å². The molecule has 1 atom stereocenters. The summed E-state index contributed by atoms with van der Waals surface area (Å²) in [6, 6.07) is 14.6. The third-order valence-corrected chi connectivity index (χ3v) is 6.22. The summed E-state index contributed by atoms with van der Waals surface area (Å²) in [4.78, 5) is 29.0. The highest BCUT2D eigenvalue weighted by molar-refractivity contribution is 6.33. The molecule has 0 spiro atoms. The second-order valence-corrected chi connectivity index (χ2v) is 8.48. The average Bonchev–Trinajstić information content (AvgIpc) is 3.33. The summed E-state index contributed by atoms with van der Waals surface area (Å²) in [5.74, 6) is 1.11. The van der Waals surface area contributed by atoms with Gasteiger partial charge < -0.3 is 14.5 Å². The average molecular weight is 427 g/mol. The zero-order chi connectivity index (χ0) is 20.9. The molecule has 2 saturated heterocycles. The van der Waals surface area contributed by atoms with Crippen LogP contribution in [-0.2, 0) is 0 Å². The van der Waals surface area contributed by atoms with E-state index in [1.54, 1.807) is 12.1 Å². The number of hydrogen-bond acceptors (Lipinski definition) is 3. The van der Waals surface area contributed by atoms with Crippen molar-refractivity contribution >= 4 is 23.4 Å². The standard InChI is InChI=1S/C24H27ClN2O3/c25-22-8-2-1-7-21(22)24(29)27-15-5-6-18(16-27)17-30-20-11-9-19(10-12-20)23(28)26-13-3-4-14-26/h1-2,7-12,18H,3-6,13-17H2/t18-/m0/s1. The predicted molar refractivity (Wildman–Crippen MR) is 117 cm³/mol. The molecule has 2 heterocycles. The highest BCUT2D eigenvalue weighted by Crippen LogP contribution is 2.23. The second-order valence-electron chi connectivity index (χ2n) is 8.07. The van der Waals surface area contributed by atoms with Gasteiger partial charge in [0.15, 0.2) is 0 Å². The van der Waals surface area contributed by atoms with Crippen LogP contribution in [0.4, 0.5) is 0 Å². The van der Waals surface area contributed by atoms with E-state index in [0.717, 1.165) is 51.1 Å². The Morgan fingerprint density at radius 2 is 1.60 bits per heavy atom. The Morgan fingerprint density at radius 1 is 0.900 bits per heavy atom. The zero-order valence-electron chi connectivity index (χ0n) is 17.1. The van der Waals surface area contributed by atoms with E-state index in [4.69, 9.17) is 16.3 Å². The number of piperidine rings is 1. The van der Waals surface area contributed by atoms with Crippen LogP contribution in [0.1, 0.15) is 46.4 Å². The Hall–Kier alpha value is -2.53. The van der Waals surface area contributed by atoms with Gasteiger partial charge in [0, 0.05) is 37.7 Å². The molecule has 2 aliphatic rings. The van der Waals surface area contributed by atoms with Crippen LogP contribution in [0.3, 0.4) is 0 Å². The third kappa shape index (κ3) is 4.78. The molecule has 158 valence electrons. The number of carbonyl (C=O) groups is 2. The molecule has 0 saturated carbocycles. The lowest BCUT2D eigenvalue weighted by Crippen LogP contribution is -2.41. The molecule has 2 fully saturated rings. The summed E-state index contributed by atoms with van der Waals surface area (Å²) >= 11 is 6.19. The summed E-state index contributed by atoms with van der Waals surface area (Å²) < 4.78 is 5.97. The van der Waals surface area contributed by atoms with Crippen LogP contribution in [0.25, 0.3) is 0 Å². The molecule has 0 N–H and O–H groups in total. The van der Waals surface area contributed by atoms with Crippen LogP contribution >= 0.6 is 11.6 Å². The number of hydrogen-bond donors (Lipinski definition) is 0. The Morgan fingerprint density at radius 3 is 2.33 bits per heavy atom. The monoisotopic (exact) mass is 426 g/mol. The summed E-state index contributed by atoms with van der Waals surface area (Å²) in [6.45, 7) is 3.65. The molecule has 2 amide bonds. The van der Waals surface area contributed by atoms with Gasteiger partial charge in [0.25, 0.3) is 11.8 Å². The van der Waals surface area contributed by atoms with Crippen LogP contribution < -0.4 is 4.74 Å². The number of likely N-dealkylation sites (tertiary alicyclic amines) is 2. The number of rotatable bonds is 5. The molecule has 0 unspecified atom stereocenters. The molecule has 2 aromatic carbocycles. The second kappa shape index (κ2) is 9.52. The van der Waals surface area contributed by atoms with Crippen molar-refractivity contribution in [2.24, 2.45) is 5.92 Å². The van der Waals surface area contributed by atoms with Crippen molar-refractivity contribution < 1.29 is 14.3 Å². The lowest BCUT2D eigenvalue weighted by Gasteiger charge is -2.33. The van der Waals surface area contributed by atoms with Gasteiger partial charge in [0.2, 0.25) is 0 Å². The molecular formula is C24H27ClN2O3. The minimum atomic E-state index is -0.0184. The highest BCUT2D eigenvalue weighted by atomic mass is 35.5. The molecule has 6 heteroatoms. The number of benzene rings is 2. The molecular weight excluding hydrogens is 400 g/mol. The Bertz CT molecular complexity index is 894. The quantitative estimate of drug-likeness (QED) is 0.706. The Balaban J connectivity index is 1.31. The molecule has 4 rings (SSSR count). The first kappa shape index (κ1) is 20.7. The van der Waals surface area contributed by atoms with E-state index >= 15 is 0 Å². The van der Waals surface area contributed by atoms with E-state index < -0.39 is 0 Å². The molecule has 0 radical (unpaired) electrons. The summed E-state index contributed by atoms with van der Waals surface area (Å²) in [5.41, 5.74) is 1.26. The minimum Gasteiger partial charge on any atom is -0.493 e. The van der Waals surface area contributed by atoms with Gasteiger partial charge >= 0.3 is 0 Å². The minimum absolute atomic E-state index is 0.0184. The van der Waals surface area contributed by atoms with Crippen molar-refractivity contribution in [2.75, 3.05) is 32.8 Å². The van der Waals surface area contributed by atoms with Gasteiger partial charge in [-0.2, -0.15) is 0 Å². The smallest absolute Gasteiger partial charge is 0.255 e. The number of amides is 2. The van der Waals surface area contributed by atoms with Crippen molar-refractivity contribution in [1.29, 1.82) is 0 Å². The normalized spacial score (nSPS) is 19.0. The van der Waals surface area contributed by atoms with Crippen LogP contribution in [0.15, 0.2) is 48.5 Å². The molecule has 30 heavy (non-hydrogen) atoms. The number of ether oxygens (including phenoxy) is 1. The van der Waals surface area contributed by atoms with Gasteiger partial charge in [-0.05, 0) is 62.1 Å². The number of nitrogens with zero attached hydrogens (tertiary/aromatic N) is 2. The summed E-state index contributed by atoms with van der Waals surface area (Å²) in [5, 5.41) is 0.490. The predicted octanol–water partition coefficient (Wildman–Crippen LogP) is 4.51. The van der Waals surface area contributed by atoms with Gasteiger partial charge in [-0.3, -0.25) is 9.59 Å². The Labute approximate surface area is 182 Å². The summed E-state index contributed by atoms with van der Waals surface area (Å²) in [6.07, 6.45) is 4.15. The molecule has 5 nitrogen and oxygen atoms in total. The van der Waals surface area contributed by atoms with Crippen LogP contribution in [0.5, 0.6) is 5.75 Å². The first-order valence-corrected chi connectivity index (χ1v) is 11.1. The highest BCUT2D eigenvalue weighted by Gasteiger charge is 2.26. The first-order chi connectivity index (χ1) is 14.6. The topological polar surface area (TPSA) is 49.9 Å². The van der Waals surface area contributed by atoms with Crippen LogP contribution in [-0.4, -0.2) is 54.4 Å². The lowest BCUT2D eigenvalue weighted by molar-refractivity contribution is 0.0633. The maximum absolute atomic E-state index is 12.8. The van der Waals surface area contributed by atoms with Gasteiger partial charge in [0.1, 0.15) is 5.75 Å². The van der Waals surface area contributed by atoms with Gasteiger partial charge in [-0.25, -0.2) is 0 Å². The zero-order valence-corrected chi connectivity index (χ0v) is 17.8. The van der Waals surface area contributed by atoms with Gasteiger partial charge in [0.05, 0.1) is 17.2 Å². The molecule has 0 bridgehead atoms. The maximum atomic E-state index is 12.8.